The highest BCUT2D eigenvalue weighted by molar-refractivity contribution is 6.04. The largest absolute Gasteiger partial charge is 0.339 e. The number of para-hydroxylation sites is 1. The van der Waals surface area contributed by atoms with E-state index < -0.39 is 0 Å². The SMILES string of the molecule is N#Cc1nc2c3ccccc3[nH]c2n(-c2cccc3ccccc23)c1=N. The van der Waals surface area contributed by atoms with Crippen LogP contribution in [0.1, 0.15) is 5.69 Å². The summed E-state index contributed by atoms with van der Waals surface area (Å²) in [6, 6.07) is 23.9. The molecule has 0 aliphatic heterocycles. The van der Waals surface area contributed by atoms with Crippen LogP contribution < -0.4 is 5.49 Å². The summed E-state index contributed by atoms with van der Waals surface area (Å²) in [5.74, 6) is 0. The Bertz CT molecular complexity index is 1410. The Morgan fingerprint density at radius 1 is 0.923 bits per heavy atom. The van der Waals surface area contributed by atoms with Crippen LogP contribution in [-0.4, -0.2) is 14.5 Å². The summed E-state index contributed by atoms with van der Waals surface area (Å²) in [5.41, 5.74) is 3.37. The van der Waals surface area contributed by atoms with E-state index in [1.807, 2.05) is 66.7 Å². The fourth-order valence-electron chi connectivity index (χ4n) is 3.49. The first kappa shape index (κ1) is 14.4. The first-order valence-corrected chi connectivity index (χ1v) is 8.24. The van der Waals surface area contributed by atoms with Gasteiger partial charge in [0.1, 0.15) is 17.2 Å². The van der Waals surface area contributed by atoms with E-state index in [1.165, 1.54) is 0 Å². The van der Waals surface area contributed by atoms with Crippen LogP contribution in [0.15, 0.2) is 66.7 Å². The number of rotatable bonds is 1. The van der Waals surface area contributed by atoms with Gasteiger partial charge in [-0.2, -0.15) is 5.26 Å². The van der Waals surface area contributed by atoms with Crippen LogP contribution in [0.2, 0.25) is 0 Å². The number of nitrogens with zero attached hydrogens (tertiary/aromatic N) is 3. The lowest BCUT2D eigenvalue weighted by Crippen LogP contribution is -2.23. The molecule has 0 aliphatic carbocycles. The number of fused-ring (bicyclic) bond motifs is 4. The number of aromatic nitrogens is 3. The molecule has 0 fully saturated rings. The van der Waals surface area contributed by atoms with Crippen molar-refractivity contribution in [1.29, 1.82) is 10.7 Å². The zero-order chi connectivity index (χ0) is 17.7. The van der Waals surface area contributed by atoms with Gasteiger partial charge in [-0.25, -0.2) is 4.98 Å². The Morgan fingerprint density at radius 3 is 2.50 bits per heavy atom. The summed E-state index contributed by atoms with van der Waals surface area (Å²) in [4.78, 5) is 7.82. The van der Waals surface area contributed by atoms with Gasteiger partial charge in [-0.1, -0.05) is 54.6 Å². The maximum absolute atomic E-state index is 9.52. The first-order valence-electron chi connectivity index (χ1n) is 8.24. The third-order valence-electron chi connectivity index (χ3n) is 4.67. The van der Waals surface area contributed by atoms with Gasteiger partial charge in [0, 0.05) is 16.3 Å². The quantitative estimate of drug-likeness (QED) is 0.485. The Morgan fingerprint density at radius 2 is 1.65 bits per heavy atom. The molecule has 0 bridgehead atoms. The smallest absolute Gasteiger partial charge is 0.184 e. The number of benzene rings is 3. The second kappa shape index (κ2) is 5.30. The number of hydrogen-bond donors (Lipinski definition) is 2. The molecule has 0 spiro atoms. The van der Waals surface area contributed by atoms with Crippen LogP contribution in [0.3, 0.4) is 0 Å². The molecule has 0 unspecified atom stereocenters. The molecule has 5 aromatic rings. The van der Waals surface area contributed by atoms with Crippen molar-refractivity contribution in [2.75, 3.05) is 0 Å². The lowest BCUT2D eigenvalue weighted by Gasteiger charge is -2.12. The first-order chi connectivity index (χ1) is 12.8. The van der Waals surface area contributed by atoms with Crippen molar-refractivity contribution < 1.29 is 0 Å². The van der Waals surface area contributed by atoms with Gasteiger partial charge in [0.15, 0.2) is 11.2 Å². The Kier molecular flexibility index (Phi) is 2.94. The predicted molar refractivity (Wildman–Crippen MR) is 101 cm³/mol. The van der Waals surface area contributed by atoms with E-state index in [-0.39, 0.29) is 11.2 Å². The summed E-state index contributed by atoms with van der Waals surface area (Å²) in [7, 11) is 0. The molecule has 3 aromatic carbocycles. The van der Waals surface area contributed by atoms with Crippen molar-refractivity contribution in [3.8, 4) is 11.8 Å². The van der Waals surface area contributed by atoms with E-state index in [9.17, 15) is 5.26 Å². The lowest BCUT2D eigenvalue weighted by molar-refractivity contribution is 0.927. The van der Waals surface area contributed by atoms with Gasteiger partial charge in [-0.05, 0) is 17.5 Å². The molecule has 5 nitrogen and oxygen atoms in total. The van der Waals surface area contributed by atoms with Crippen molar-refractivity contribution >= 4 is 32.8 Å². The number of aromatic amines is 1. The molecule has 0 amide bonds. The average molecular weight is 335 g/mol. The highest BCUT2D eigenvalue weighted by atomic mass is 15.1. The van der Waals surface area contributed by atoms with E-state index in [2.05, 4.69) is 16.0 Å². The van der Waals surface area contributed by atoms with Crippen LogP contribution in [-0.2, 0) is 0 Å². The number of nitriles is 1. The zero-order valence-corrected chi connectivity index (χ0v) is 13.7. The van der Waals surface area contributed by atoms with Crippen LogP contribution in [0, 0.1) is 16.7 Å². The molecule has 2 aromatic heterocycles. The lowest BCUT2D eigenvalue weighted by atomic mass is 10.1. The molecule has 0 saturated carbocycles. The summed E-state index contributed by atoms with van der Waals surface area (Å²) in [6.45, 7) is 0. The van der Waals surface area contributed by atoms with Gasteiger partial charge in [0.2, 0.25) is 0 Å². The van der Waals surface area contributed by atoms with Crippen molar-refractivity contribution in [1.82, 2.24) is 14.5 Å². The highest BCUT2D eigenvalue weighted by Gasteiger charge is 2.16. The van der Waals surface area contributed by atoms with Crippen molar-refractivity contribution in [2.24, 2.45) is 0 Å². The van der Waals surface area contributed by atoms with Crippen LogP contribution >= 0.6 is 0 Å². The van der Waals surface area contributed by atoms with Gasteiger partial charge in [0.05, 0.1) is 5.69 Å². The van der Waals surface area contributed by atoms with Gasteiger partial charge in [-0.3, -0.25) is 9.98 Å². The van der Waals surface area contributed by atoms with Crippen LogP contribution in [0.5, 0.6) is 0 Å². The second-order valence-corrected chi connectivity index (χ2v) is 6.12. The molecule has 5 rings (SSSR count). The maximum Gasteiger partial charge on any atom is 0.184 e. The van der Waals surface area contributed by atoms with Crippen LogP contribution in [0.4, 0.5) is 0 Å². The van der Waals surface area contributed by atoms with Gasteiger partial charge < -0.3 is 4.98 Å². The summed E-state index contributed by atoms with van der Waals surface area (Å²) >= 11 is 0. The molecule has 2 N–H and O–H groups in total. The second-order valence-electron chi connectivity index (χ2n) is 6.12. The third kappa shape index (κ3) is 1.90. The third-order valence-corrected chi connectivity index (χ3v) is 4.67. The molecule has 26 heavy (non-hydrogen) atoms. The molecule has 2 heterocycles. The molecule has 0 aliphatic rings. The Labute approximate surface area is 148 Å². The van der Waals surface area contributed by atoms with Crippen LogP contribution in [0.25, 0.3) is 38.5 Å². The number of hydrogen-bond acceptors (Lipinski definition) is 3. The van der Waals surface area contributed by atoms with Gasteiger partial charge in [0.25, 0.3) is 0 Å². The summed E-state index contributed by atoms with van der Waals surface area (Å²) in [6.07, 6.45) is 0. The van der Waals surface area contributed by atoms with E-state index in [1.54, 1.807) is 4.57 Å². The van der Waals surface area contributed by atoms with Gasteiger partial charge >= 0.3 is 0 Å². The molecule has 0 atom stereocenters. The average Bonchev–Trinajstić information content (AvgIpc) is 3.05. The molecular formula is C21H13N5. The minimum absolute atomic E-state index is 0.0721. The standard InChI is InChI=1S/C21H13N5/c22-12-17-20(23)26(18-11-5-7-13-6-1-2-8-14(13)18)21-19(24-17)15-9-3-4-10-16(15)25-21/h1-11,23,25H. The fraction of sp³-hybridized carbons (Fsp3) is 0. The minimum atomic E-state index is 0.0721. The molecule has 0 saturated heterocycles. The summed E-state index contributed by atoms with van der Waals surface area (Å²) in [5, 5.41) is 21.1. The summed E-state index contributed by atoms with van der Waals surface area (Å²) < 4.78 is 1.78. The molecule has 122 valence electrons. The number of H-pyrrole nitrogens is 1. The van der Waals surface area contributed by atoms with Gasteiger partial charge in [-0.15, -0.1) is 0 Å². The Hall–Kier alpha value is -3.91. The van der Waals surface area contributed by atoms with E-state index >= 15 is 0 Å². The number of nitrogens with one attached hydrogen (secondary N) is 2. The van der Waals surface area contributed by atoms with E-state index in [0.717, 1.165) is 27.4 Å². The van der Waals surface area contributed by atoms with E-state index in [0.29, 0.717) is 11.2 Å². The fourth-order valence-corrected chi connectivity index (χ4v) is 3.49. The molecular weight excluding hydrogens is 322 g/mol. The van der Waals surface area contributed by atoms with Crippen molar-refractivity contribution in [3.63, 3.8) is 0 Å². The van der Waals surface area contributed by atoms with Crippen molar-refractivity contribution in [3.05, 3.63) is 77.9 Å². The molecule has 0 radical (unpaired) electrons. The topological polar surface area (TPSA) is 81.2 Å². The Balaban J connectivity index is 2.04. The van der Waals surface area contributed by atoms with Crippen molar-refractivity contribution in [2.45, 2.75) is 0 Å². The highest BCUT2D eigenvalue weighted by Crippen LogP contribution is 2.27. The van der Waals surface area contributed by atoms with E-state index in [4.69, 9.17) is 5.41 Å². The predicted octanol–water partition coefficient (Wildman–Crippen LogP) is 4.01. The maximum atomic E-state index is 9.52. The zero-order valence-electron chi connectivity index (χ0n) is 13.7. The minimum Gasteiger partial charge on any atom is -0.339 e. The monoisotopic (exact) mass is 335 g/mol. The normalized spacial score (nSPS) is 11.2. The molecule has 5 heteroatoms.